The summed E-state index contributed by atoms with van der Waals surface area (Å²) < 4.78 is 7.76. The van der Waals surface area contributed by atoms with E-state index in [0.717, 1.165) is 38.4 Å². The second-order valence-corrected chi connectivity index (χ2v) is 4.83. The molecule has 2 rings (SSSR count). The third-order valence-corrected chi connectivity index (χ3v) is 3.40. The summed E-state index contributed by atoms with van der Waals surface area (Å²) in [7, 11) is 4.12. The Morgan fingerprint density at radius 3 is 3.06 bits per heavy atom. The van der Waals surface area contributed by atoms with Crippen LogP contribution in [0.2, 0.25) is 0 Å². The van der Waals surface area contributed by atoms with Gasteiger partial charge in [-0.25, -0.2) is 4.98 Å². The van der Waals surface area contributed by atoms with Crippen LogP contribution in [-0.2, 0) is 18.2 Å². The maximum absolute atomic E-state index is 6.19. The van der Waals surface area contributed by atoms with Crippen LogP contribution in [0.3, 0.4) is 0 Å². The van der Waals surface area contributed by atoms with Gasteiger partial charge in [0.25, 0.3) is 0 Å². The number of ether oxygens (including phenoxy) is 1. The van der Waals surface area contributed by atoms with E-state index in [1.54, 1.807) is 0 Å². The molecule has 1 aromatic rings. The Morgan fingerprint density at radius 2 is 2.41 bits per heavy atom. The Balaban J connectivity index is 1.80. The number of hydrogen-bond donors (Lipinski definition) is 1. The average molecular weight is 238 g/mol. The smallest absolute Gasteiger partial charge is 0.108 e. The molecular formula is C12H22N4O. The van der Waals surface area contributed by atoms with Crippen LogP contribution in [0.5, 0.6) is 0 Å². The van der Waals surface area contributed by atoms with Crippen LogP contribution in [-0.4, -0.2) is 53.3 Å². The summed E-state index contributed by atoms with van der Waals surface area (Å²) in [5.74, 6) is 1.09. The Morgan fingerprint density at radius 1 is 1.59 bits per heavy atom. The molecule has 17 heavy (non-hydrogen) atoms. The van der Waals surface area contributed by atoms with Crippen LogP contribution in [0.15, 0.2) is 12.4 Å². The van der Waals surface area contributed by atoms with E-state index in [0.29, 0.717) is 0 Å². The van der Waals surface area contributed by atoms with Gasteiger partial charge in [-0.05, 0) is 13.5 Å². The van der Waals surface area contributed by atoms with Gasteiger partial charge >= 0.3 is 0 Å². The van der Waals surface area contributed by atoms with E-state index in [4.69, 9.17) is 10.5 Å². The molecular weight excluding hydrogens is 216 g/mol. The quantitative estimate of drug-likeness (QED) is 0.803. The van der Waals surface area contributed by atoms with Crippen molar-refractivity contribution in [2.45, 2.75) is 25.0 Å². The summed E-state index contributed by atoms with van der Waals surface area (Å²) in [6.45, 7) is 2.72. The Hall–Kier alpha value is -0.910. The number of aryl methyl sites for hydroxylation is 2. The second-order valence-electron chi connectivity index (χ2n) is 4.83. The van der Waals surface area contributed by atoms with Crippen molar-refractivity contribution in [1.82, 2.24) is 14.5 Å². The number of likely N-dealkylation sites (N-methyl/N-ethyl adjacent to an activating group) is 1. The Labute approximate surface area is 103 Å². The predicted octanol–water partition coefficient (Wildman–Crippen LogP) is 0.0106. The molecule has 1 aliphatic rings. The molecule has 2 unspecified atom stereocenters. The van der Waals surface area contributed by atoms with Crippen LogP contribution < -0.4 is 5.73 Å². The van der Waals surface area contributed by atoms with Crippen molar-refractivity contribution in [1.29, 1.82) is 0 Å². The molecule has 1 aromatic heterocycles. The van der Waals surface area contributed by atoms with Crippen LogP contribution in [0.25, 0.3) is 0 Å². The minimum atomic E-state index is 0.0921. The molecule has 0 aliphatic carbocycles. The molecule has 5 heteroatoms. The van der Waals surface area contributed by atoms with E-state index in [1.165, 1.54) is 0 Å². The zero-order valence-corrected chi connectivity index (χ0v) is 10.7. The number of nitrogens with zero attached hydrogens (tertiary/aromatic N) is 3. The fraction of sp³-hybridized carbons (Fsp3) is 0.750. The molecule has 1 fully saturated rings. The summed E-state index contributed by atoms with van der Waals surface area (Å²) in [6, 6.07) is 0.0921. The maximum atomic E-state index is 6.19. The molecule has 0 spiro atoms. The van der Waals surface area contributed by atoms with Crippen LogP contribution >= 0.6 is 0 Å². The molecule has 96 valence electrons. The molecule has 0 saturated carbocycles. The summed E-state index contributed by atoms with van der Waals surface area (Å²) in [6.07, 6.45) is 5.78. The predicted molar refractivity (Wildman–Crippen MR) is 66.7 cm³/mol. The van der Waals surface area contributed by atoms with Gasteiger partial charge in [0, 0.05) is 45.0 Å². The van der Waals surface area contributed by atoms with Gasteiger partial charge in [0.2, 0.25) is 0 Å². The van der Waals surface area contributed by atoms with Gasteiger partial charge in [0.15, 0.2) is 0 Å². The summed E-state index contributed by atoms with van der Waals surface area (Å²) in [5.41, 5.74) is 6.19. The van der Waals surface area contributed by atoms with Gasteiger partial charge in [-0.2, -0.15) is 0 Å². The number of imidazole rings is 1. The van der Waals surface area contributed by atoms with Crippen molar-refractivity contribution >= 4 is 0 Å². The normalized spacial score (nSPS) is 23.8. The van der Waals surface area contributed by atoms with Gasteiger partial charge in [-0.3, -0.25) is 0 Å². The Bertz CT molecular complexity index is 352. The number of nitrogens with two attached hydrogens (primary N) is 1. The molecule has 0 radical (unpaired) electrons. The number of morpholine rings is 1. The number of aromatic nitrogens is 2. The summed E-state index contributed by atoms with van der Waals surface area (Å²) in [5, 5.41) is 0. The van der Waals surface area contributed by atoms with E-state index >= 15 is 0 Å². The third-order valence-electron chi connectivity index (χ3n) is 3.40. The van der Waals surface area contributed by atoms with Crippen LogP contribution in [0, 0.1) is 0 Å². The van der Waals surface area contributed by atoms with Crippen molar-refractivity contribution in [3.05, 3.63) is 18.2 Å². The fourth-order valence-corrected chi connectivity index (χ4v) is 2.19. The van der Waals surface area contributed by atoms with E-state index < -0.39 is 0 Å². The van der Waals surface area contributed by atoms with Gasteiger partial charge < -0.3 is 19.9 Å². The minimum absolute atomic E-state index is 0.0921. The molecule has 1 saturated heterocycles. The topological polar surface area (TPSA) is 56.3 Å². The lowest BCUT2D eigenvalue weighted by Gasteiger charge is -2.33. The maximum Gasteiger partial charge on any atom is 0.108 e. The zero-order valence-electron chi connectivity index (χ0n) is 10.7. The minimum Gasteiger partial charge on any atom is -0.374 e. The van der Waals surface area contributed by atoms with Crippen LogP contribution in [0.1, 0.15) is 12.2 Å². The molecule has 0 amide bonds. The highest BCUT2D eigenvalue weighted by Gasteiger charge is 2.23. The lowest BCUT2D eigenvalue weighted by atomic mass is 10.0. The highest BCUT2D eigenvalue weighted by molar-refractivity contribution is 4.93. The first-order valence-corrected chi connectivity index (χ1v) is 6.18. The molecule has 1 aliphatic heterocycles. The average Bonchev–Trinajstić information content (AvgIpc) is 2.72. The molecule has 2 N–H and O–H groups in total. The SMILES string of the molecule is CN1CCOC(C(N)CCc2nccn2C)C1. The molecule has 5 nitrogen and oxygen atoms in total. The summed E-state index contributed by atoms with van der Waals surface area (Å²) in [4.78, 5) is 6.58. The Kier molecular flexibility index (Phi) is 4.15. The van der Waals surface area contributed by atoms with Crippen molar-refractivity contribution in [3.63, 3.8) is 0 Å². The van der Waals surface area contributed by atoms with Crippen molar-refractivity contribution in [2.24, 2.45) is 12.8 Å². The van der Waals surface area contributed by atoms with Crippen molar-refractivity contribution < 1.29 is 4.74 Å². The first kappa shape index (κ1) is 12.5. The van der Waals surface area contributed by atoms with Crippen molar-refractivity contribution in [3.8, 4) is 0 Å². The van der Waals surface area contributed by atoms with E-state index in [2.05, 4.69) is 16.9 Å². The number of rotatable bonds is 4. The van der Waals surface area contributed by atoms with Gasteiger partial charge in [0.05, 0.1) is 12.7 Å². The standard InChI is InChI=1S/C12H22N4O/c1-15-7-8-17-11(9-15)10(13)3-4-12-14-5-6-16(12)2/h5-6,10-11H,3-4,7-9,13H2,1-2H3. The lowest BCUT2D eigenvalue weighted by Crippen LogP contribution is -2.49. The number of hydrogen-bond acceptors (Lipinski definition) is 4. The van der Waals surface area contributed by atoms with Gasteiger partial charge in [-0.15, -0.1) is 0 Å². The van der Waals surface area contributed by atoms with E-state index in [9.17, 15) is 0 Å². The molecule has 2 atom stereocenters. The fourth-order valence-electron chi connectivity index (χ4n) is 2.19. The molecule has 0 bridgehead atoms. The van der Waals surface area contributed by atoms with Gasteiger partial charge in [-0.1, -0.05) is 0 Å². The molecule has 0 aromatic carbocycles. The zero-order chi connectivity index (χ0) is 12.3. The largest absolute Gasteiger partial charge is 0.374 e. The van der Waals surface area contributed by atoms with E-state index in [1.807, 2.05) is 24.0 Å². The molecule has 2 heterocycles. The van der Waals surface area contributed by atoms with Gasteiger partial charge in [0.1, 0.15) is 5.82 Å². The highest BCUT2D eigenvalue weighted by atomic mass is 16.5. The second kappa shape index (κ2) is 5.62. The lowest BCUT2D eigenvalue weighted by molar-refractivity contribution is -0.0332. The highest BCUT2D eigenvalue weighted by Crippen LogP contribution is 2.10. The van der Waals surface area contributed by atoms with E-state index in [-0.39, 0.29) is 12.1 Å². The summed E-state index contributed by atoms with van der Waals surface area (Å²) >= 11 is 0. The first-order valence-electron chi connectivity index (χ1n) is 6.18. The first-order chi connectivity index (χ1) is 8.16. The monoisotopic (exact) mass is 238 g/mol. The third kappa shape index (κ3) is 3.28. The van der Waals surface area contributed by atoms with Crippen LogP contribution in [0.4, 0.5) is 0 Å². The van der Waals surface area contributed by atoms with Crippen molar-refractivity contribution in [2.75, 3.05) is 26.7 Å².